The molecule has 1 aromatic carbocycles. The number of thiazole rings is 1. The lowest BCUT2D eigenvalue weighted by Gasteiger charge is -2.12. The highest BCUT2D eigenvalue weighted by Crippen LogP contribution is 2.31. The van der Waals surface area contributed by atoms with E-state index in [9.17, 15) is 9.59 Å². The van der Waals surface area contributed by atoms with E-state index in [0.717, 1.165) is 30.0 Å². The van der Waals surface area contributed by atoms with E-state index in [0.29, 0.717) is 28.2 Å². The summed E-state index contributed by atoms with van der Waals surface area (Å²) >= 11 is 1.41. The number of carbonyl (C=O) groups excluding carboxylic acids is 1. The van der Waals surface area contributed by atoms with Gasteiger partial charge in [0.15, 0.2) is 5.52 Å². The minimum atomic E-state index is -0.372. The van der Waals surface area contributed by atoms with Crippen LogP contribution in [0.25, 0.3) is 21.5 Å². The molecule has 1 N–H and O–H groups in total. The summed E-state index contributed by atoms with van der Waals surface area (Å²) in [5, 5.41) is 8.10. The van der Waals surface area contributed by atoms with E-state index in [1.165, 1.54) is 16.0 Å². The number of benzene rings is 1. The lowest BCUT2D eigenvalue weighted by molar-refractivity contribution is -0.122. The second kappa shape index (κ2) is 8.30. The van der Waals surface area contributed by atoms with Gasteiger partial charge in [0.2, 0.25) is 5.91 Å². The molecule has 0 saturated carbocycles. The second-order valence-corrected chi connectivity index (χ2v) is 8.10. The molecular weight excluding hydrogens is 392 g/mol. The normalized spacial score (nSPS) is 16.3. The van der Waals surface area contributed by atoms with Gasteiger partial charge in [-0.15, -0.1) is 11.3 Å². The fourth-order valence-corrected chi connectivity index (χ4v) is 4.27. The number of ether oxygens (including phenoxy) is 2. The van der Waals surface area contributed by atoms with Gasteiger partial charge in [0.25, 0.3) is 5.56 Å². The van der Waals surface area contributed by atoms with E-state index in [1.807, 2.05) is 31.2 Å². The molecule has 8 nitrogen and oxygen atoms in total. The Morgan fingerprint density at radius 2 is 2.31 bits per heavy atom. The van der Waals surface area contributed by atoms with Crippen LogP contribution >= 0.6 is 11.3 Å². The summed E-state index contributed by atoms with van der Waals surface area (Å²) in [6.07, 6.45) is 1.98. The predicted molar refractivity (Wildman–Crippen MR) is 110 cm³/mol. The third-order valence-electron chi connectivity index (χ3n) is 4.79. The van der Waals surface area contributed by atoms with Gasteiger partial charge in [-0.2, -0.15) is 5.10 Å². The minimum absolute atomic E-state index is 0.0413. The van der Waals surface area contributed by atoms with Crippen molar-refractivity contribution in [3.63, 3.8) is 0 Å². The van der Waals surface area contributed by atoms with Crippen molar-refractivity contribution in [3.8, 4) is 17.0 Å². The van der Waals surface area contributed by atoms with Gasteiger partial charge in [-0.25, -0.2) is 9.67 Å². The molecule has 1 unspecified atom stereocenters. The van der Waals surface area contributed by atoms with Crippen molar-refractivity contribution in [2.75, 3.05) is 20.3 Å². The van der Waals surface area contributed by atoms with Crippen LogP contribution in [-0.2, 0) is 16.1 Å². The predicted octanol–water partition coefficient (Wildman–Crippen LogP) is 2.13. The van der Waals surface area contributed by atoms with Crippen LogP contribution in [0.3, 0.4) is 0 Å². The summed E-state index contributed by atoms with van der Waals surface area (Å²) < 4.78 is 12.7. The highest BCUT2D eigenvalue weighted by molar-refractivity contribution is 7.19. The Kier molecular flexibility index (Phi) is 5.59. The maximum atomic E-state index is 12.9. The number of amides is 1. The number of aromatic nitrogens is 3. The molecule has 3 aromatic rings. The average Bonchev–Trinajstić information content (AvgIpc) is 3.38. The molecule has 1 saturated heterocycles. The van der Waals surface area contributed by atoms with Crippen LogP contribution in [0.15, 0.2) is 29.1 Å². The zero-order valence-electron chi connectivity index (χ0n) is 16.3. The molecule has 4 rings (SSSR count). The van der Waals surface area contributed by atoms with Gasteiger partial charge in [0.1, 0.15) is 18.0 Å². The second-order valence-electron chi connectivity index (χ2n) is 6.89. The minimum Gasteiger partial charge on any atom is -0.497 e. The van der Waals surface area contributed by atoms with Gasteiger partial charge < -0.3 is 14.8 Å². The van der Waals surface area contributed by atoms with Crippen molar-refractivity contribution in [2.45, 2.75) is 32.4 Å². The molecule has 3 heterocycles. The Hall–Kier alpha value is -2.78. The Bertz CT molecular complexity index is 1100. The van der Waals surface area contributed by atoms with Crippen LogP contribution < -0.4 is 15.6 Å². The first kappa shape index (κ1) is 19.5. The average molecular weight is 414 g/mol. The molecular formula is C20H22N4O4S. The third kappa shape index (κ3) is 4.15. The Morgan fingerprint density at radius 1 is 1.45 bits per heavy atom. The first-order chi connectivity index (χ1) is 14.0. The Labute approximate surface area is 171 Å². The summed E-state index contributed by atoms with van der Waals surface area (Å²) in [6.45, 7) is 2.84. The van der Waals surface area contributed by atoms with Crippen LogP contribution in [0.2, 0.25) is 0 Å². The largest absolute Gasteiger partial charge is 0.497 e. The van der Waals surface area contributed by atoms with Crippen LogP contribution in [0, 0.1) is 6.92 Å². The summed E-state index contributed by atoms with van der Waals surface area (Å²) in [5.74, 6) is 0.406. The number of nitrogens with zero attached hydrogens (tertiary/aromatic N) is 3. The molecule has 9 heteroatoms. The van der Waals surface area contributed by atoms with Crippen molar-refractivity contribution >= 4 is 27.5 Å². The molecule has 0 aliphatic carbocycles. The smallest absolute Gasteiger partial charge is 0.294 e. The van der Waals surface area contributed by atoms with Gasteiger partial charge in [-0.05, 0) is 31.9 Å². The van der Waals surface area contributed by atoms with E-state index >= 15 is 0 Å². The maximum Gasteiger partial charge on any atom is 0.294 e. The number of hydrogen-bond acceptors (Lipinski definition) is 7. The van der Waals surface area contributed by atoms with E-state index in [-0.39, 0.29) is 24.1 Å². The number of methoxy groups -OCH3 is 1. The van der Waals surface area contributed by atoms with Crippen LogP contribution in [0.1, 0.15) is 17.8 Å². The number of carbonyl (C=O) groups is 1. The van der Waals surface area contributed by atoms with Crippen molar-refractivity contribution in [2.24, 2.45) is 0 Å². The Morgan fingerprint density at radius 3 is 3.07 bits per heavy atom. The number of aryl methyl sites for hydroxylation is 1. The molecule has 0 spiro atoms. The molecule has 152 valence electrons. The number of nitrogens with one attached hydrogen (secondary N) is 1. The molecule has 1 fully saturated rings. The van der Waals surface area contributed by atoms with Gasteiger partial charge in [0.05, 0.1) is 22.9 Å². The summed E-state index contributed by atoms with van der Waals surface area (Å²) in [7, 11) is 1.60. The van der Waals surface area contributed by atoms with Crippen LogP contribution in [-0.4, -0.2) is 47.0 Å². The van der Waals surface area contributed by atoms with Crippen molar-refractivity contribution in [3.05, 3.63) is 39.6 Å². The molecule has 0 bridgehead atoms. The molecule has 1 atom stereocenters. The highest BCUT2D eigenvalue weighted by Gasteiger charge is 2.20. The van der Waals surface area contributed by atoms with E-state index in [1.54, 1.807) is 7.11 Å². The fraction of sp³-hybridized carbons (Fsp3) is 0.400. The monoisotopic (exact) mass is 414 g/mol. The first-order valence-corrected chi connectivity index (χ1v) is 10.3. The molecule has 1 aliphatic heterocycles. The summed E-state index contributed by atoms with van der Waals surface area (Å²) in [4.78, 5) is 29.6. The van der Waals surface area contributed by atoms with Crippen molar-refractivity contribution < 1.29 is 14.3 Å². The zero-order valence-corrected chi connectivity index (χ0v) is 17.1. The van der Waals surface area contributed by atoms with Crippen LogP contribution in [0.4, 0.5) is 0 Å². The van der Waals surface area contributed by atoms with Crippen LogP contribution in [0.5, 0.6) is 5.75 Å². The summed E-state index contributed by atoms with van der Waals surface area (Å²) in [5.41, 5.74) is 1.36. The number of fused-ring (bicyclic) bond motifs is 1. The molecule has 29 heavy (non-hydrogen) atoms. The van der Waals surface area contributed by atoms with E-state index in [4.69, 9.17) is 9.47 Å². The number of hydrogen-bond donors (Lipinski definition) is 1. The molecule has 2 aromatic heterocycles. The van der Waals surface area contributed by atoms with Crippen molar-refractivity contribution in [1.82, 2.24) is 20.1 Å². The van der Waals surface area contributed by atoms with E-state index in [2.05, 4.69) is 15.4 Å². The van der Waals surface area contributed by atoms with E-state index < -0.39 is 0 Å². The van der Waals surface area contributed by atoms with Gasteiger partial charge in [0, 0.05) is 18.7 Å². The van der Waals surface area contributed by atoms with Crippen molar-refractivity contribution in [1.29, 1.82) is 0 Å². The molecule has 1 amide bonds. The quantitative estimate of drug-likeness (QED) is 0.664. The van der Waals surface area contributed by atoms with Gasteiger partial charge >= 0.3 is 0 Å². The zero-order chi connectivity index (χ0) is 20.4. The molecule has 0 radical (unpaired) electrons. The maximum absolute atomic E-state index is 12.9. The lowest BCUT2D eigenvalue weighted by atomic mass is 10.1. The fourth-order valence-electron chi connectivity index (χ4n) is 3.36. The topological polar surface area (TPSA) is 95.3 Å². The highest BCUT2D eigenvalue weighted by atomic mass is 32.1. The SMILES string of the molecule is COc1cccc(-c2nn(CC(=O)NCC3CCCO3)c(=O)c3nc(C)sc23)c1. The standard InChI is InChI=1S/C20H22N4O4S/c1-12-22-18-19(29-12)17(13-5-3-6-14(9-13)27-2)23-24(20(18)26)11-16(25)21-10-15-7-4-8-28-15/h3,5-6,9,15H,4,7-8,10-11H2,1-2H3,(H,21,25). The third-order valence-corrected chi connectivity index (χ3v) is 5.77. The Balaban J connectivity index is 1.67. The lowest BCUT2D eigenvalue weighted by Crippen LogP contribution is -2.37. The van der Waals surface area contributed by atoms with Gasteiger partial charge in [-0.1, -0.05) is 12.1 Å². The number of rotatable bonds is 6. The molecule has 1 aliphatic rings. The van der Waals surface area contributed by atoms with Gasteiger partial charge in [-0.3, -0.25) is 9.59 Å². The first-order valence-electron chi connectivity index (χ1n) is 9.46. The summed E-state index contributed by atoms with van der Waals surface area (Å²) in [6, 6.07) is 7.45.